The van der Waals surface area contributed by atoms with Gasteiger partial charge in [0.2, 0.25) is 0 Å². The van der Waals surface area contributed by atoms with Gasteiger partial charge in [-0.05, 0) is 55.1 Å². The molecule has 1 aromatic rings. The van der Waals surface area contributed by atoms with E-state index in [0.29, 0.717) is 24.3 Å². The Labute approximate surface area is 257 Å². The molecule has 0 unspecified atom stereocenters. The van der Waals surface area contributed by atoms with Gasteiger partial charge in [0.05, 0.1) is 18.3 Å². The molecule has 1 heterocycles. The Bertz CT molecular complexity index is 1430. The van der Waals surface area contributed by atoms with Crippen molar-refractivity contribution in [1.29, 1.82) is 0 Å². The van der Waals surface area contributed by atoms with E-state index in [4.69, 9.17) is 30.1 Å². The predicted octanol–water partition coefficient (Wildman–Crippen LogP) is 3.14. The van der Waals surface area contributed by atoms with E-state index in [-0.39, 0.29) is 23.1 Å². The molecule has 6 N–H and O–H groups in total. The summed E-state index contributed by atoms with van der Waals surface area (Å²) in [5, 5.41) is 18.4. The van der Waals surface area contributed by atoms with Crippen LogP contribution in [-0.4, -0.2) is 66.2 Å². The van der Waals surface area contributed by atoms with Crippen molar-refractivity contribution in [1.82, 2.24) is 0 Å². The summed E-state index contributed by atoms with van der Waals surface area (Å²) < 4.78 is 25.7. The van der Waals surface area contributed by atoms with Gasteiger partial charge in [-0.3, -0.25) is 19.2 Å². The van der Waals surface area contributed by atoms with Crippen molar-refractivity contribution < 1.29 is 48.0 Å². The van der Waals surface area contributed by atoms with Crippen LogP contribution in [0.1, 0.15) is 70.4 Å². The highest BCUT2D eigenvalue weighted by Gasteiger charge is 2.73. The summed E-state index contributed by atoms with van der Waals surface area (Å²) in [6, 6.07) is 1.10. The Morgan fingerprint density at radius 2 is 1.70 bits per heavy atom. The zero-order chi connectivity index (χ0) is 32.4. The van der Waals surface area contributed by atoms with Crippen molar-refractivity contribution in [2.45, 2.75) is 113 Å². The Balaban J connectivity index is 1.63. The molecule has 13 heteroatoms. The third-order valence-electron chi connectivity index (χ3n) is 10.3. The van der Waals surface area contributed by atoms with Crippen LogP contribution in [0.25, 0.3) is 0 Å². The van der Waals surface area contributed by atoms with E-state index in [9.17, 15) is 29.4 Å². The standard InChI is InChI=1S/C31H42N2O10Si/c1-29(2,3)44(4,5)43-20-9-8-16-13-17-7-6-11-30-24(16)25(20)41-26(30)21(40-22(34)14-18(32)27(36)37)10-12-31(17,30)42-23(35)15-19(33)28(38)39/h8-10,17-19,26H,6-7,11-15,32-33H2,1-5H3,(H,36,37)(H,38,39)/t17-,18+,19+,26+,30+,31-/m1/s1. The number of carbonyl (C=O) groups excluding carboxylic acids is 2. The van der Waals surface area contributed by atoms with Crippen LogP contribution in [0.2, 0.25) is 18.1 Å². The molecule has 3 aliphatic carbocycles. The van der Waals surface area contributed by atoms with Gasteiger partial charge in [-0.2, -0.15) is 0 Å². The molecule has 1 aromatic carbocycles. The minimum absolute atomic E-state index is 0.110. The van der Waals surface area contributed by atoms with Gasteiger partial charge in [0.1, 0.15) is 29.2 Å². The average molecular weight is 631 g/mol. The minimum atomic E-state index is -2.34. The molecule has 6 atom stereocenters. The first kappa shape index (κ1) is 32.0. The maximum atomic E-state index is 13.3. The number of aliphatic carboxylic acids is 2. The number of rotatable bonds is 10. The topological polar surface area (TPSA) is 198 Å². The van der Waals surface area contributed by atoms with E-state index >= 15 is 0 Å². The zero-order valence-electron chi connectivity index (χ0n) is 25.8. The number of hydrogen-bond donors (Lipinski definition) is 4. The first-order valence-corrected chi connectivity index (χ1v) is 18.0. The van der Waals surface area contributed by atoms with E-state index in [0.717, 1.165) is 24.0 Å². The predicted molar refractivity (Wildman–Crippen MR) is 159 cm³/mol. The highest BCUT2D eigenvalue weighted by Crippen LogP contribution is 2.69. The van der Waals surface area contributed by atoms with Gasteiger partial charge < -0.3 is 40.3 Å². The van der Waals surface area contributed by atoms with Crippen LogP contribution in [0.3, 0.4) is 0 Å². The van der Waals surface area contributed by atoms with Crippen molar-refractivity contribution in [3.8, 4) is 11.5 Å². The SMILES string of the molecule is CC(C)(C)[Si](C)(C)Oc1ccc2c3c1O[C@H]1C(OC(=O)C[C@H](N)C(=O)O)=CC[C@@]4(OC(=O)C[C@H](N)C(=O)O)[C@H](CCC[C@]314)C2. The van der Waals surface area contributed by atoms with Crippen molar-refractivity contribution in [2.75, 3.05) is 0 Å². The van der Waals surface area contributed by atoms with Crippen LogP contribution >= 0.6 is 0 Å². The molecule has 1 saturated carbocycles. The Morgan fingerprint density at radius 1 is 1.07 bits per heavy atom. The largest absolute Gasteiger partial charge is 0.541 e. The number of carbonyl (C=O) groups is 4. The fourth-order valence-corrected chi connectivity index (χ4v) is 8.19. The van der Waals surface area contributed by atoms with Crippen molar-refractivity contribution in [2.24, 2.45) is 17.4 Å². The first-order chi connectivity index (χ1) is 20.4. The lowest BCUT2D eigenvalue weighted by molar-refractivity contribution is -0.201. The van der Waals surface area contributed by atoms with E-state index < -0.39 is 74.2 Å². The minimum Gasteiger partial charge on any atom is -0.541 e. The van der Waals surface area contributed by atoms with Gasteiger partial charge in [0, 0.05) is 17.9 Å². The maximum absolute atomic E-state index is 13.3. The second-order valence-corrected chi connectivity index (χ2v) is 18.7. The van der Waals surface area contributed by atoms with Crippen LogP contribution < -0.4 is 20.6 Å². The number of esters is 2. The molecule has 2 bridgehead atoms. The number of benzene rings is 1. The van der Waals surface area contributed by atoms with Crippen molar-refractivity contribution in [3.63, 3.8) is 0 Å². The molecule has 240 valence electrons. The van der Waals surface area contributed by atoms with Crippen LogP contribution in [-0.2, 0) is 40.5 Å². The molecular formula is C31H42N2O10Si. The lowest BCUT2D eigenvalue weighted by Gasteiger charge is -2.60. The average Bonchev–Trinajstić information content (AvgIpc) is 3.25. The molecule has 44 heavy (non-hydrogen) atoms. The van der Waals surface area contributed by atoms with E-state index in [2.05, 4.69) is 33.9 Å². The van der Waals surface area contributed by atoms with Crippen molar-refractivity contribution in [3.05, 3.63) is 35.1 Å². The van der Waals surface area contributed by atoms with E-state index in [1.54, 1.807) is 6.08 Å². The molecule has 4 aliphatic rings. The monoisotopic (exact) mass is 630 g/mol. The molecule has 12 nitrogen and oxygen atoms in total. The fraction of sp³-hybridized carbons (Fsp3) is 0.613. The normalized spacial score (nSPS) is 28.0. The van der Waals surface area contributed by atoms with Crippen LogP contribution in [0.15, 0.2) is 24.0 Å². The molecular weight excluding hydrogens is 588 g/mol. The summed E-state index contributed by atoms with van der Waals surface area (Å²) in [4.78, 5) is 49.0. The molecule has 1 aliphatic heterocycles. The summed E-state index contributed by atoms with van der Waals surface area (Å²) in [6.07, 6.45) is 2.62. The smallest absolute Gasteiger partial charge is 0.321 e. The summed E-state index contributed by atoms with van der Waals surface area (Å²) in [7, 11) is -2.34. The first-order valence-electron chi connectivity index (χ1n) is 15.0. The molecule has 0 radical (unpaired) electrons. The zero-order valence-corrected chi connectivity index (χ0v) is 26.8. The van der Waals surface area contributed by atoms with E-state index in [1.807, 2.05) is 12.1 Å². The Morgan fingerprint density at radius 3 is 2.32 bits per heavy atom. The third kappa shape index (κ3) is 4.98. The summed E-state index contributed by atoms with van der Waals surface area (Å²) in [5.74, 6) is -3.01. The number of ether oxygens (including phenoxy) is 3. The number of carboxylic acids is 2. The summed E-state index contributed by atoms with van der Waals surface area (Å²) in [5.41, 5.74) is 11.1. The van der Waals surface area contributed by atoms with Gasteiger partial charge in [0.15, 0.2) is 11.9 Å². The van der Waals surface area contributed by atoms with Gasteiger partial charge in [-0.25, -0.2) is 0 Å². The van der Waals surface area contributed by atoms with E-state index in [1.165, 1.54) is 0 Å². The quantitative estimate of drug-likeness (QED) is 0.218. The third-order valence-corrected chi connectivity index (χ3v) is 14.7. The fourth-order valence-electron chi connectivity index (χ4n) is 7.17. The van der Waals surface area contributed by atoms with Gasteiger partial charge >= 0.3 is 23.9 Å². The lowest BCUT2D eigenvalue weighted by Crippen LogP contribution is -2.69. The molecule has 0 saturated heterocycles. The molecule has 0 amide bonds. The second-order valence-electron chi connectivity index (χ2n) is 14.0. The highest BCUT2D eigenvalue weighted by molar-refractivity contribution is 6.74. The van der Waals surface area contributed by atoms with Crippen LogP contribution in [0.5, 0.6) is 11.5 Å². The second kappa shape index (κ2) is 10.9. The summed E-state index contributed by atoms with van der Waals surface area (Å²) >= 11 is 0. The molecule has 5 rings (SSSR count). The lowest BCUT2D eigenvalue weighted by atomic mass is 9.46. The number of nitrogens with two attached hydrogens (primary N) is 2. The molecule has 1 fully saturated rings. The molecule has 0 aromatic heterocycles. The Kier molecular flexibility index (Phi) is 7.91. The van der Waals surface area contributed by atoms with Gasteiger partial charge in [-0.15, -0.1) is 0 Å². The highest BCUT2D eigenvalue weighted by atomic mass is 28.4. The molecule has 1 spiro atoms. The maximum Gasteiger partial charge on any atom is 0.321 e. The van der Waals surface area contributed by atoms with Crippen LogP contribution in [0, 0.1) is 5.92 Å². The van der Waals surface area contributed by atoms with Crippen LogP contribution in [0.4, 0.5) is 0 Å². The van der Waals surface area contributed by atoms with Crippen molar-refractivity contribution >= 4 is 32.2 Å². The van der Waals surface area contributed by atoms with Gasteiger partial charge in [-0.1, -0.05) is 33.3 Å². The number of carboxylic acid groups (broad SMARTS) is 2. The Hall–Kier alpha value is -3.42. The van der Waals surface area contributed by atoms with Gasteiger partial charge in [0.25, 0.3) is 8.32 Å². The number of hydrogen-bond acceptors (Lipinski definition) is 10. The summed E-state index contributed by atoms with van der Waals surface area (Å²) in [6.45, 7) is 10.7.